The molecule has 1 fully saturated rings. The molecular formula is C14H23N3. The Labute approximate surface area is 104 Å². The lowest BCUT2D eigenvalue weighted by Crippen LogP contribution is -2.42. The molecular weight excluding hydrogens is 210 g/mol. The smallest absolute Gasteiger partial charge is 0.193 e. The monoisotopic (exact) mass is 233 g/mol. The van der Waals surface area contributed by atoms with Crippen molar-refractivity contribution in [3.63, 3.8) is 0 Å². The minimum atomic E-state index is 0.882. The van der Waals surface area contributed by atoms with Gasteiger partial charge >= 0.3 is 0 Å². The molecule has 3 aliphatic rings. The van der Waals surface area contributed by atoms with Gasteiger partial charge in [0.25, 0.3) is 0 Å². The zero-order valence-electron chi connectivity index (χ0n) is 10.7. The van der Waals surface area contributed by atoms with Crippen molar-refractivity contribution in [3.05, 3.63) is 12.2 Å². The van der Waals surface area contributed by atoms with Crippen LogP contribution in [0.2, 0.25) is 0 Å². The average molecular weight is 233 g/mol. The number of aliphatic imine (C=N–C) groups is 1. The zero-order valence-corrected chi connectivity index (χ0v) is 10.7. The topological polar surface area (TPSA) is 27.6 Å². The lowest BCUT2D eigenvalue weighted by atomic mass is 9.91. The maximum absolute atomic E-state index is 4.54. The second-order valence-electron chi connectivity index (χ2n) is 5.74. The van der Waals surface area contributed by atoms with Crippen molar-refractivity contribution in [1.82, 2.24) is 10.2 Å². The highest BCUT2D eigenvalue weighted by molar-refractivity contribution is 5.80. The molecule has 1 aliphatic heterocycles. The summed E-state index contributed by atoms with van der Waals surface area (Å²) in [5.74, 6) is 3.81. The van der Waals surface area contributed by atoms with E-state index in [0.717, 1.165) is 43.3 Å². The SMILES string of the molecule is CN1CCCN=C1NCCC1C[C@@H]2C=C[C@H]1C2. The van der Waals surface area contributed by atoms with Gasteiger partial charge in [-0.15, -0.1) is 0 Å². The van der Waals surface area contributed by atoms with Gasteiger partial charge in [0.2, 0.25) is 0 Å². The Morgan fingerprint density at radius 2 is 2.35 bits per heavy atom. The third kappa shape index (κ3) is 2.33. The Hall–Kier alpha value is -0.990. The zero-order chi connectivity index (χ0) is 11.7. The lowest BCUT2D eigenvalue weighted by molar-refractivity contribution is 0.401. The number of hydrogen-bond acceptors (Lipinski definition) is 3. The quantitative estimate of drug-likeness (QED) is 0.754. The molecule has 0 saturated heterocycles. The van der Waals surface area contributed by atoms with Gasteiger partial charge in [0.1, 0.15) is 0 Å². The van der Waals surface area contributed by atoms with Crippen LogP contribution in [0.4, 0.5) is 0 Å². The van der Waals surface area contributed by atoms with Gasteiger partial charge in [-0.2, -0.15) is 0 Å². The maximum Gasteiger partial charge on any atom is 0.193 e. The van der Waals surface area contributed by atoms with E-state index < -0.39 is 0 Å². The number of nitrogens with one attached hydrogen (secondary N) is 1. The van der Waals surface area contributed by atoms with Crippen LogP contribution in [-0.4, -0.2) is 37.5 Å². The molecule has 0 radical (unpaired) electrons. The van der Waals surface area contributed by atoms with Crippen LogP contribution in [0, 0.1) is 17.8 Å². The summed E-state index contributed by atoms with van der Waals surface area (Å²) in [6, 6.07) is 0. The molecule has 0 aromatic heterocycles. The summed E-state index contributed by atoms with van der Waals surface area (Å²) in [6.45, 7) is 3.22. The number of allylic oxidation sites excluding steroid dienone is 2. The number of rotatable bonds is 3. The summed E-state index contributed by atoms with van der Waals surface area (Å²) in [7, 11) is 2.13. The molecule has 17 heavy (non-hydrogen) atoms. The van der Waals surface area contributed by atoms with Crippen LogP contribution in [-0.2, 0) is 0 Å². The summed E-state index contributed by atoms with van der Waals surface area (Å²) in [5.41, 5.74) is 0. The summed E-state index contributed by atoms with van der Waals surface area (Å²) in [6.07, 6.45) is 10.2. The number of guanidine groups is 1. The standard InChI is InChI=1S/C14H23N3/c1-17-8-2-6-15-14(17)16-7-5-13-10-11-3-4-12(13)9-11/h3-4,11-13H,2,5-10H2,1H3,(H,15,16)/t11-,12+,13?/m1/s1. The van der Waals surface area contributed by atoms with E-state index in [1.165, 1.54) is 25.7 Å². The molecule has 3 rings (SSSR count). The van der Waals surface area contributed by atoms with Gasteiger partial charge in [-0.05, 0) is 43.4 Å². The highest BCUT2D eigenvalue weighted by atomic mass is 15.3. The molecule has 94 valence electrons. The predicted molar refractivity (Wildman–Crippen MR) is 71.0 cm³/mol. The normalized spacial score (nSPS) is 35.2. The largest absolute Gasteiger partial charge is 0.356 e. The molecule has 0 aromatic rings. The van der Waals surface area contributed by atoms with Crippen molar-refractivity contribution in [2.45, 2.75) is 25.7 Å². The van der Waals surface area contributed by atoms with E-state index in [1.807, 2.05) is 0 Å². The molecule has 2 aliphatic carbocycles. The van der Waals surface area contributed by atoms with Crippen LogP contribution in [0.3, 0.4) is 0 Å². The molecule has 1 unspecified atom stereocenters. The van der Waals surface area contributed by atoms with Crippen molar-refractivity contribution in [3.8, 4) is 0 Å². The Bertz CT molecular complexity index is 334. The first-order chi connectivity index (χ1) is 8.33. The number of fused-ring (bicyclic) bond motifs is 2. The second-order valence-corrected chi connectivity index (χ2v) is 5.74. The first-order valence-electron chi connectivity index (χ1n) is 7.01. The fourth-order valence-corrected chi connectivity index (χ4v) is 3.51. The first-order valence-corrected chi connectivity index (χ1v) is 7.01. The average Bonchev–Trinajstić information content (AvgIpc) is 2.94. The molecule has 1 heterocycles. The van der Waals surface area contributed by atoms with E-state index in [9.17, 15) is 0 Å². The Kier molecular flexibility index (Phi) is 3.08. The van der Waals surface area contributed by atoms with Gasteiger partial charge in [0.15, 0.2) is 5.96 Å². The van der Waals surface area contributed by atoms with E-state index in [-0.39, 0.29) is 0 Å². The Morgan fingerprint density at radius 3 is 3.06 bits per heavy atom. The molecule has 3 atom stereocenters. The highest BCUT2D eigenvalue weighted by Crippen LogP contribution is 2.44. The second kappa shape index (κ2) is 4.71. The molecule has 2 bridgehead atoms. The van der Waals surface area contributed by atoms with Crippen molar-refractivity contribution in [2.75, 3.05) is 26.7 Å². The number of hydrogen-bond donors (Lipinski definition) is 1. The van der Waals surface area contributed by atoms with Crippen LogP contribution in [0.1, 0.15) is 25.7 Å². The molecule has 0 amide bonds. The fraction of sp³-hybridized carbons (Fsp3) is 0.786. The van der Waals surface area contributed by atoms with Gasteiger partial charge in [-0.3, -0.25) is 4.99 Å². The number of nitrogens with zero attached hydrogens (tertiary/aromatic N) is 2. The molecule has 0 aromatic carbocycles. The first kappa shape index (κ1) is 11.1. The van der Waals surface area contributed by atoms with Crippen molar-refractivity contribution >= 4 is 5.96 Å². The third-order valence-corrected chi connectivity index (χ3v) is 4.49. The van der Waals surface area contributed by atoms with Gasteiger partial charge < -0.3 is 10.2 Å². The van der Waals surface area contributed by atoms with Crippen LogP contribution in [0.25, 0.3) is 0 Å². The summed E-state index contributed by atoms with van der Waals surface area (Å²) in [4.78, 5) is 6.78. The van der Waals surface area contributed by atoms with Gasteiger partial charge in [-0.25, -0.2) is 0 Å². The van der Waals surface area contributed by atoms with Crippen LogP contribution in [0.5, 0.6) is 0 Å². The molecule has 3 heteroatoms. The minimum Gasteiger partial charge on any atom is -0.356 e. The van der Waals surface area contributed by atoms with Gasteiger partial charge in [0, 0.05) is 26.7 Å². The van der Waals surface area contributed by atoms with E-state index in [1.54, 1.807) is 0 Å². The fourth-order valence-electron chi connectivity index (χ4n) is 3.51. The van der Waals surface area contributed by atoms with E-state index in [0.29, 0.717) is 0 Å². The molecule has 3 nitrogen and oxygen atoms in total. The van der Waals surface area contributed by atoms with Crippen LogP contribution in [0.15, 0.2) is 17.1 Å². The van der Waals surface area contributed by atoms with Gasteiger partial charge in [-0.1, -0.05) is 12.2 Å². The summed E-state index contributed by atoms with van der Waals surface area (Å²) in [5, 5.41) is 3.51. The van der Waals surface area contributed by atoms with Crippen molar-refractivity contribution in [2.24, 2.45) is 22.7 Å². The summed E-state index contributed by atoms with van der Waals surface area (Å²) >= 11 is 0. The predicted octanol–water partition coefficient (Wildman–Crippen LogP) is 1.87. The Balaban J connectivity index is 1.43. The van der Waals surface area contributed by atoms with E-state index >= 15 is 0 Å². The molecule has 1 saturated carbocycles. The van der Waals surface area contributed by atoms with Crippen LogP contribution >= 0.6 is 0 Å². The molecule has 0 spiro atoms. The van der Waals surface area contributed by atoms with Crippen molar-refractivity contribution < 1.29 is 0 Å². The summed E-state index contributed by atoms with van der Waals surface area (Å²) < 4.78 is 0. The lowest BCUT2D eigenvalue weighted by Gasteiger charge is -2.26. The van der Waals surface area contributed by atoms with E-state index in [4.69, 9.17) is 0 Å². The maximum atomic E-state index is 4.54. The highest BCUT2D eigenvalue weighted by Gasteiger charge is 2.34. The third-order valence-electron chi connectivity index (χ3n) is 4.49. The van der Waals surface area contributed by atoms with Gasteiger partial charge in [0.05, 0.1) is 0 Å². The molecule has 1 N–H and O–H groups in total. The van der Waals surface area contributed by atoms with Crippen LogP contribution < -0.4 is 5.32 Å². The minimum absolute atomic E-state index is 0.882. The van der Waals surface area contributed by atoms with E-state index in [2.05, 4.69) is 34.4 Å². The Morgan fingerprint density at radius 1 is 1.41 bits per heavy atom. The van der Waals surface area contributed by atoms with Crippen molar-refractivity contribution in [1.29, 1.82) is 0 Å².